The first-order valence-electron chi connectivity index (χ1n) is 10.9. The van der Waals surface area contributed by atoms with E-state index in [2.05, 4.69) is 38.6 Å². The third-order valence-corrected chi connectivity index (χ3v) is 7.79. The van der Waals surface area contributed by atoms with Crippen molar-refractivity contribution in [1.82, 2.24) is 24.8 Å². The number of fused-ring (bicyclic) bond motifs is 1. The van der Waals surface area contributed by atoms with Crippen LogP contribution in [0.2, 0.25) is 5.02 Å². The third kappa shape index (κ3) is 3.42. The van der Waals surface area contributed by atoms with Crippen molar-refractivity contribution >= 4 is 23.0 Å². The topological polar surface area (TPSA) is 107 Å². The van der Waals surface area contributed by atoms with Crippen LogP contribution in [0, 0.1) is 5.41 Å². The molecule has 0 saturated carbocycles. The molecule has 2 saturated heterocycles. The summed E-state index contributed by atoms with van der Waals surface area (Å²) in [4.78, 5) is 11.2. The van der Waals surface area contributed by atoms with E-state index in [-0.39, 0.29) is 23.9 Å². The zero-order valence-corrected chi connectivity index (χ0v) is 18.8. The van der Waals surface area contributed by atoms with Crippen molar-refractivity contribution in [2.45, 2.75) is 51.5 Å². The lowest BCUT2D eigenvalue weighted by molar-refractivity contribution is 0.0206. The van der Waals surface area contributed by atoms with E-state index in [1.54, 1.807) is 6.20 Å². The Kier molecular flexibility index (Phi) is 5.21. The Balaban J connectivity index is 1.37. The van der Waals surface area contributed by atoms with E-state index >= 15 is 0 Å². The summed E-state index contributed by atoms with van der Waals surface area (Å²) < 4.78 is 8.10. The standard InChI is InChI=1S/C22H30ClN7O/c1-13-16(11-15-3-6-26-19(25)17(15)23)20-27-7-10-30(20)21(28-13)29-8-4-22(5-9-29)12-31-14(2)18(22)24/h3,6-7,10,14,18,21,28H,4-5,8-9,11-12,24H2,1-2H3,(H2,25,26)/t14-,18+,21?/m1/s1. The lowest BCUT2D eigenvalue weighted by Gasteiger charge is -2.45. The summed E-state index contributed by atoms with van der Waals surface area (Å²) >= 11 is 6.41. The number of piperidine rings is 1. The number of pyridine rings is 1. The number of nitrogens with one attached hydrogen (secondary N) is 1. The molecule has 31 heavy (non-hydrogen) atoms. The molecular weight excluding hydrogens is 414 g/mol. The molecule has 8 nitrogen and oxygen atoms in total. The number of hydrogen-bond acceptors (Lipinski definition) is 7. The molecule has 0 aromatic carbocycles. The Morgan fingerprint density at radius 1 is 1.29 bits per heavy atom. The molecule has 9 heteroatoms. The second-order valence-corrected chi connectivity index (χ2v) is 9.44. The molecule has 0 aliphatic carbocycles. The molecule has 166 valence electrons. The van der Waals surface area contributed by atoms with E-state index in [1.165, 1.54) is 0 Å². The average Bonchev–Trinajstić information content (AvgIpc) is 3.35. The van der Waals surface area contributed by atoms with Crippen LogP contribution in [0.5, 0.6) is 0 Å². The van der Waals surface area contributed by atoms with Gasteiger partial charge in [0.1, 0.15) is 11.6 Å². The number of nitrogens with zero attached hydrogens (tertiary/aromatic N) is 4. The van der Waals surface area contributed by atoms with E-state index in [0.29, 0.717) is 17.3 Å². The Bertz CT molecular complexity index is 1010. The van der Waals surface area contributed by atoms with Gasteiger partial charge >= 0.3 is 0 Å². The fourth-order valence-electron chi connectivity index (χ4n) is 5.26. The fourth-order valence-corrected chi connectivity index (χ4v) is 5.44. The van der Waals surface area contributed by atoms with Gasteiger partial charge in [0.25, 0.3) is 0 Å². The van der Waals surface area contributed by atoms with E-state index in [4.69, 9.17) is 27.8 Å². The lowest BCUT2D eigenvalue weighted by atomic mass is 9.73. The van der Waals surface area contributed by atoms with E-state index in [1.807, 2.05) is 18.5 Å². The first-order chi connectivity index (χ1) is 14.9. The molecule has 3 aliphatic heterocycles. The SMILES string of the molecule is CC1=C(Cc2ccnc(N)c2Cl)c2nccn2C(N2CCC3(CC2)CO[C@H](C)[C@@H]3N)N1. The monoisotopic (exact) mass is 443 g/mol. The average molecular weight is 444 g/mol. The number of imidazole rings is 1. The highest BCUT2D eigenvalue weighted by Gasteiger charge is 2.48. The lowest BCUT2D eigenvalue weighted by Crippen LogP contribution is -2.54. The summed E-state index contributed by atoms with van der Waals surface area (Å²) in [5.74, 6) is 1.32. The van der Waals surface area contributed by atoms with Crippen LogP contribution in [0.1, 0.15) is 44.4 Å². The van der Waals surface area contributed by atoms with Gasteiger partial charge in [-0.2, -0.15) is 0 Å². The van der Waals surface area contributed by atoms with Crippen LogP contribution in [0.25, 0.3) is 5.57 Å². The van der Waals surface area contributed by atoms with Crippen molar-refractivity contribution in [3.63, 3.8) is 0 Å². The van der Waals surface area contributed by atoms with Gasteiger partial charge in [-0.05, 0) is 38.3 Å². The third-order valence-electron chi connectivity index (χ3n) is 7.35. The zero-order valence-electron chi connectivity index (χ0n) is 18.0. The van der Waals surface area contributed by atoms with Crippen molar-refractivity contribution in [3.8, 4) is 0 Å². The number of nitrogens with two attached hydrogens (primary N) is 2. The Hall–Kier alpha value is -2.13. The van der Waals surface area contributed by atoms with Crippen LogP contribution in [0.15, 0.2) is 30.4 Å². The molecule has 0 amide bonds. The largest absolute Gasteiger partial charge is 0.382 e. The van der Waals surface area contributed by atoms with Gasteiger partial charge in [-0.25, -0.2) is 9.97 Å². The van der Waals surface area contributed by atoms with Gasteiger partial charge in [0, 0.05) is 60.8 Å². The van der Waals surface area contributed by atoms with Crippen molar-refractivity contribution in [2.24, 2.45) is 11.1 Å². The highest BCUT2D eigenvalue weighted by Crippen LogP contribution is 2.43. The number of halogens is 1. The molecule has 2 fully saturated rings. The summed E-state index contributed by atoms with van der Waals surface area (Å²) in [5.41, 5.74) is 15.7. The van der Waals surface area contributed by atoms with Gasteiger partial charge in [0.05, 0.1) is 17.7 Å². The van der Waals surface area contributed by atoms with Gasteiger partial charge in [-0.15, -0.1) is 0 Å². The summed E-state index contributed by atoms with van der Waals surface area (Å²) in [6.45, 7) is 6.90. The second kappa shape index (κ2) is 7.78. The predicted molar refractivity (Wildman–Crippen MR) is 121 cm³/mol. The molecule has 5 N–H and O–H groups in total. The van der Waals surface area contributed by atoms with Gasteiger partial charge < -0.3 is 21.5 Å². The summed E-state index contributed by atoms with van der Waals surface area (Å²) in [6.07, 6.45) is 8.50. The molecule has 0 bridgehead atoms. The van der Waals surface area contributed by atoms with Gasteiger partial charge in [-0.3, -0.25) is 9.47 Å². The van der Waals surface area contributed by atoms with Crippen LogP contribution < -0.4 is 16.8 Å². The Morgan fingerprint density at radius 2 is 2.06 bits per heavy atom. The Morgan fingerprint density at radius 3 is 2.77 bits per heavy atom. The number of aromatic nitrogens is 3. The van der Waals surface area contributed by atoms with E-state index < -0.39 is 0 Å². The molecule has 5 rings (SSSR count). The van der Waals surface area contributed by atoms with E-state index in [9.17, 15) is 0 Å². The molecule has 2 aromatic rings. The number of likely N-dealkylation sites (tertiary alicyclic amines) is 1. The first kappa shape index (κ1) is 20.8. The highest BCUT2D eigenvalue weighted by atomic mass is 35.5. The zero-order chi connectivity index (χ0) is 21.8. The van der Waals surface area contributed by atoms with Crippen molar-refractivity contribution in [3.05, 3.63) is 46.8 Å². The van der Waals surface area contributed by atoms with Crippen LogP contribution in [-0.2, 0) is 11.2 Å². The maximum Gasteiger partial charge on any atom is 0.162 e. The minimum Gasteiger partial charge on any atom is -0.382 e. The molecule has 1 spiro atoms. The number of ether oxygens (including phenoxy) is 1. The summed E-state index contributed by atoms with van der Waals surface area (Å²) in [5, 5.41) is 4.22. The van der Waals surface area contributed by atoms with Crippen molar-refractivity contribution < 1.29 is 4.74 Å². The number of nitrogen functional groups attached to an aromatic ring is 1. The second-order valence-electron chi connectivity index (χ2n) is 9.07. The minimum atomic E-state index is 0.0348. The van der Waals surface area contributed by atoms with Gasteiger partial charge in [0.15, 0.2) is 6.29 Å². The maximum absolute atomic E-state index is 6.50. The quantitative estimate of drug-likeness (QED) is 0.668. The maximum atomic E-state index is 6.50. The highest BCUT2D eigenvalue weighted by molar-refractivity contribution is 6.33. The molecule has 1 unspecified atom stereocenters. The van der Waals surface area contributed by atoms with Gasteiger partial charge in [0.2, 0.25) is 0 Å². The van der Waals surface area contributed by atoms with Crippen LogP contribution in [0.4, 0.5) is 5.82 Å². The number of rotatable bonds is 3. The molecule has 3 aliphatic rings. The van der Waals surface area contributed by atoms with E-state index in [0.717, 1.165) is 55.2 Å². The number of allylic oxidation sites excluding steroid dienone is 2. The van der Waals surface area contributed by atoms with Crippen LogP contribution in [-0.4, -0.2) is 51.3 Å². The Labute approximate surface area is 187 Å². The summed E-state index contributed by atoms with van der Waals surface area (Å²) in [7, 11) is 0. The predicted octanol–water partition coefficient (Wildman–Crippen LogP) is 2.37. The first-order valence-corrected chi connectivity index (χ1v) is 11.3. The molecule has 0 radical (unpaired) electrons. The number of hydrogen-bond donors (Lipinski definition) is 3. The normalized spacial score (nSPS) is 28.1. The fraction of sp³-hybridized carbons (Fsp3) is 0.545. The summed E-state index contributed by atoms with van der Waals surface area (Å²) in [6, 6.07) is 2.03. The van der Waals surface area contributed by atoms with Gasteiger partial charge in [-0.1, -0.05) is 11.6 Å². The molecule has 2 aromatic heterocycles. The van der Waals surface area contributed by atoms with Crippen molar-refractivity contribution in [1.29, 1.82) is 0 Å². The van der Waals surface area contributed by atoms with Crippen molar-refractivity contribution in [2.75, 3.05) is 25.4 Å². The molecule has 3 atom stereocenters. The van der Waals surface area contributed by atoms with Crippen LogP contribution >= 0.6 is 11.6 Å². The number of anilines is 1. The smallest absolute Gasteiger partial charge is 0.162 e. The van der Waals surface area contributed by atoms with Crippen LogP contribution in [0.3, 0.4) is 0 Å². The molecular formula is C22H30ClN7O. The minimum absolute atomic E-state index is 0.0348. The molecule has 5 heterocycles.